The van der Waals surface area contributed by atoms with E-state index in [1.807, 2.05) is 6.07 Å². The third-order valence-electron chi connectivity index (χ3n) is 4.60. The Balaban J connectivity index is 1.79. The Morgan fingerprint density at radius 2 is 2.12 bits per heavy atom. The van der Waals surface area contributed by atoms with Crippen molar-refractivity contribution in [3.05, 3.63) is 58.9 Å². The number of nitrogens with zero attached hydrogens (tertiary/aromatic N) is 2. The average Bonchev–Trinajstić information content (AvgIpc) is 2.99. The average molecular weight is 345 g/mol. The van der Waals surface area contributed by atoms with Gasteiger partial charge in [-0.05, 0) is 25.0 Å². The van der Waals surface area contributed by atoms with Gasteiger partial charge in [-0.1, -0.05) is 48.9 Å². The number of anilines is 1. The molecule has 0 spiro atoms. The van der Waals surface area contributed by atoms with E-state index < -0.39 is 5.97 Å². The topological polar surface area (TPSA) is 42.4 Å². The van der Waals surface area contributed by atoms with Crippen molar-refractivity contribution < 1.29 is 9.53 Å². The number of esters is 1. The first-order valence-electron chi connectivity index (χ1n) is 8.16. The molecule has 2 aromatic rings. The number of benzene rings is 1. The molecule has 0 unspecified atom stereocenters. The summed E-state index contributed by atoms with van der Waals surface area (Å²) in [6.07, 6.45) is 2.77. The highest BCUT2D eigenvalue weighted by atomic mass is 35.5. The predicted octanol–water partition coefficient (Wildman–Crippen LogP) is 4.08. The molecule has 2 heterocycles. The van der Waals surface area contributed by atoms with Crippen LogP contribution in [0.25, 0.3) is 0 Å². The highest BCUT2D eigenvalue weighted by molar-refractivity contribution is 6.33. The number of ether oxygens (including phenoxy) is 1. The molecule has 0 amide bonds. The van der Waals surface area contributed by atoms with Gasteiger partial charge in [-0.25, -0.2) is 9.78 Å². The first-order chi connectivity index (χ1) is 11.5. The SMILES string of the molecule is CCOC(=O)c1ncc(N2CC[C@](C)(c3ccccc3)C2)cc1Cl. The van der Waals surface area contributed by atoms with Crippen LogP contribution in [0.1, 0.15) is 36.3 Å². The van der Waals surface area contributed by atoms with Crippen molar-refractivity contribution in [1.29, 1.82) is 0 Å². The standard InChI is InChI=1S/C19H21ClN2O2/c1-3-24-18(23)17-16(20)11-15(12-21-17)22-10-9-19(2,13-22)14-7-5-4-6-8-14/h4-8,11-12H,3,9-10,13H2,1-2H3/t19-/m0/s1. The highest BCUT2D eigenvalue weighted by Crippen LogP contribution is 2.36. The summed E-state index contributed by atoms with van der Waals surface area (Å²) in [4.78, 5) is 18.3. The number of rotatable bonds is 4. The summed E-state index contributed by atoms with van der Waals surface area (Å²) in [6.45, 7) is 6.18. The van der Waals surface area contributed by atoms with Crippen LogP contribution in [-0.2, 0) is 10.2 Å². The lowest BCUT2D eigenvalue weighted by Crippen LogP contribution is -2.28. The maximum atomic E-state index is 11.8. The Labute approximate surface area is 147 Å². The second-order valence-electron chi connectivity index (χ2n) is 6.34. The van der Waals surface area contributed by atoms with Crippen molar-refractivity contribution in [3.8, 4) is 0 Å². The van der Waals surface area contributed by atoms with Gasteiger partial charge in [-0.3, -0.25) is 0 Å². The summed E-state index contributed by atoms with van der Waals surface area (Å²) < 4.78 is 4.97. The van der Waals surface area contributed by atoms with E-state index in [2.05, 4.69) is 41.1 Å². The number of pyridine rings is 1. The monoisotopic (exact) mass is 344 g/mol. The minimum absolute atomic E-state index is 0.105. The molecule has 1 aromatic carbocycles. The molecule has 24 heavy (non-hydrogen) atoms. The molecule has 4 nitrogen and oxygen atoms in total. The normalized spacial score (nSPS) is 20.2. The van der Waals surface area contributed by atoms with E-state index >= 15 is 0 Å². The summed E-state index contributed by atoms with van der Waals surface area (Å²) >= 11 is 6.24. The molecule has 1 fully saturated rings. The minimum atomic E-state index is -0.482. The van der Waals surface area contributed by atoms with Crippen molar-refractivity contribution in [2.45, 2.75) is 25.7 Å². The molecule has 0 radical (unpaired) electrons. The zero-order valence-corrected chi connectivity index (χ0v) is 14.7. The van der Waals surface area contributed by atoms with Crippen LogP contribution in [0.3, 0.4) is 0 Å². The van der Waals surface area contributed by atoms with Crippen LogP contribution in [0.2, 0.25) is 5.02 Å². The number of hydrogen-bond acceptors (Lipinski definition) is 4. The zero-order valence-electron chi connectivity index (χ0n) is 14.0. The Hall–Kier alpha value is -2.07. The number of halogens is 1. The molecule has 126 valence electrons. The smallest absolute Gasteiger partial charge is 0.358 e. The van der Waals surface area contributed by atoms with Crippen LogP contribution in [0.4, 0.5) is 5.69 Å². The van der Waals surface area contributed by atoms with Gasteiger partial charge in [0.25, 0.3) is 0 Å². The van der Waals surface area contributed by atoms with Gasteiger partial charge in [0, 0.05) is 18.5 Å². The van der Waals surface area contributed by atoms with Gasteiger partial charge in [0.15, 0.2) is 5.69 Å². The third-order valence-corrected chi connectivity index (χ3v) is 4.89. The van der Waals surface area contributed by atoms with Crippen LogP contribution in [-0.4, -0.2) is 30.6 Å². The largest absolute Gasteiger partial charge is 0.461 e. The second kappa shape index (κ2) is 6.81. The van der Waals surface area contributed by atoms with Crippen molar-refractivity contribution >= 4 is 23.3 Å². The lowest BCUT2D eigenvalue weighted by atomic mass is 9.82. The fraction of sp³-hybridized carbons (Fsp3) is 0.368. The Kier molecular flexibility index (Phi) is 4.76. The van der Waals surface area contributed by atoms with E-state index in [-0.39, 0.29) is 11.1 Å². The molecule has 3 rings (SSSR count). The van der Waals surface area contributed by atoms with Crippen LogP contribution in [0.15, 0.2) is 42.6 Å². The van der Waals surface area contributed by atoms with Crippen LogP contribution in [0, 0.1) is 0 Å². The van der Waals surface area contributed by atoms with E-state index in [1.165, 1.54) is 5.56 Å². The molecular formula is C19H21ClN2O2. The summed E-state index contributed by atoms with van der Waals surface area (Å²) in [5, 5.41) is 0.333. The molecule has 0 saturated carbocycles. The maximum absolute atomic E-state index is 11.8. The van der Waals surface area contributed by atoms with E-state index in [4.69, 9.17) is 16.3 Å². The fourth-order valence-electron chi connectivity index (χ4n) is 3.21. The van der Waals surface area contributed by atoms with Crippen molar-refractivity contribution in [2.75, 3.05) is 24.6 Å². The van der Waals surface area contributed by atoms with Gasteiger partial charge in [0.2, 0.25) is 0 Å². The molecule has 1 aromatic heterocycles. The Morgan fingerprint density at radius 1 is 1.38 bits per heavy atom. The van der Waals surface area contributed by atoms with Gasteiger partial charge >= 0.3 is 5.97 Å². The molecule has 1 atom stereocenters. The quantitative estimate of drug-likeness (QED) is 0.784. The Morgan fingerprint density at radius 3 is 2.79 bits per heavy atom. The summed E-state index contributed by atoms with van der Waals surface area (Å²) in [5.41, 5.74) is 2.56. The van der Waals surface area contributed by atoms with Gasteiger partial charge < -0.3 is 9.64 Å². The van der Waals surface area contributed by atoms with Crippen LogP contribution in [0.5, 0.6) is 0 Å². The van der Waals surface area contributed by atoms with E-state index in [9.17, 15) is 4.79 Å². The molecule has 0 aliphatic carbocycles. The van der Waals surface area contributed by atoms with Gasteiger partial charge in [-0.2, -0.15) is 0 Å². The lowest BCUT2D eigenvalue weighted by molar-refractivity contribution is 0.0520. The molecule has 5 heteroatoms. The molecular weight excluding hydrogens is 324 g/mol. The van der Waals surface area contributed by atoms with Crippen LogP contribution >= 0.6 is 11.6 Å². The maximum Gasteiger partial charge on any atom is 0.358 e. The van der Waals surface area contributed by atoms with E-state index in [1.54, 1.807) is 19.2 Å². The number of aromatic nitrogens is 1. The number of carbonyl (C=O) groups is 1. The lowest BCUT2D eigenvalue weighted by Gasteiger charge is -2.26. The second-order valence-corrected chi connectivity index (χ2v) is 6.75. The summed E-state index contributed by atoms with van der Waals surface area (Å²) in [6, 6.07) is 12.4. The summed E-state index contributed by atoms with van der Waals surface area (Å²) in [7, 11) is 0. The van der Waals surface area contributed by atoms with E-state index in [0.29, 0.717) is 11.6 Å². The third kappa shape index (κ3) is 3.24. The highest BCUT2D eigenvalue weighted by Gasteiger charge is 2.35. The zero-order chi connectivity index (χ0) is 17.2. The van der Waals surface area contributed by atoms with Gasteiger partial charge in [0.1, 0.15) is 0 Å². The molecule has 0 N–H and O–H groups in total. The van der Waals surface area contributed by atoms with Crippen molar-refractivity contribution in [3.63, 3.8) is 0 Å². The van der Waals surface area contributed by atoms with Gasteiger partial charge in [-0.15, -0.1) is 0 Å². The minimum Gasteiger partial charge on any atom is -0.461 e. The molecule has 1 aliphatic heterocycles. The summed E-state index contributed by atoms with van der Waals surface area (Å²) in [5.74, 6) is -0.482. The molecule has 1 aliphatic rings. The predicted molar refractivity (Wildman–Crippen MR) is 95.8 cm³/mol. The fourth-order valence-corrected chi connectivity index (χ4v) is 3.45. The van der Waals surface area contributed by atoms with Gasteiger partial charge in [0.05, 0.1) is 23.5 Å². The Bertz CT molecular complexity index is 735. The first kappa shape index (κ1) is 16.8. The number of carbonyl (C=O) groups excluding carboxylic acids is 1. The van der Waals surface area contributed by atoms with E-state index in [0.717, 1.165) is 25.2 Å². The van der Waals surface area contributed by atoms with Crippen LogP contribution < -0.4 is 4.90 Å². The van der Waals surface area contributed by atoms with Crippen molar-refractivity contribution in [2.24, 2.45) is 0 Å². The number of hydrogen-bond donors (Lipinski definition) is 0. The first-order valence-corrected chi connectivity index (χ1v) is 8.54. The molecule has 0 bridgehead atoms. The molecule has 1 saturated heterocycles. The van der Waals surface area contributed by atoms with Crippen molar-refractivity contribution in [1.82, 2.24) is 4.98 Å².